The third-order valence-corrected chi connectivity index (χ3v) is 4.87. The molecule has 2 heteroatoms. The van der Waals surface area contributed by atoms with Crippen LogP contribution in [0.15, 0.2) is 24.3 Å². The Labute approximate surface area is 116 Å². The molecule has 1 aromatic carbocycles. The molecule has 0 unspecified atom stereocenters. The fraction of sp³-hybridized carbons (Fsp3) is 0.625. The summed E-state index contributed by atoms with van der Waals surface area (Å²) in [5.41, 5.74) is 8.52. The Morgan fingerprint density at radius 3 is 2.39 bits per heavy atom. The van der Waals surface area contributed by atoms with Gasteiger partial charge in [0, 0.05) is 12.3 Å². The Hall–Kier alpha value is -0.470. The zero-order chi connectivity index (χ0) is 12.6. The number of rotatable bonds is 6. The van der Waals surface area contributed by atoms with E-state index < -0.39 is 0 Å². The Morgan fingerprint density at radius 2 is 1.72 bits per heavy atom. The van der Waals surface area contributed by atoms with Gasteiger partial charge in [-0.3, -0.25) is 0 Å². The maximum atomic E-state index is 5.49. The highest BCUT2D eigenvalue weighted by molar-refractivity contribution is 7.99. The molecule has 0 atom stereocenters. The lowest BCUT2D eigenvalue weighted by Gasteiger charge is -2.22. The van der Waals surface area contributed by atoms with E-state index in [9.17, 15) is 0 Å². The molecule has 2 N–H and O–H groups in total. The lowest BCUT2D eigenvalue weighted by atomic mass is 9.84. The molecule has 0 saturated heterocycles. The van der Waals surface area contributed by atoms with Crippen molar-refractivity contribution in [1.29, 1.82) is 0 Å². The Kier molecular flexibility index (Phi) is 6.09. The lowest BCUT2D eigenvalue weighted by molar-refractivity contribution is 0.443. The van der Waals surface area contributed by atoms with Gasteiger partial charge in [-0.1, -0.05) is 43.5 Å². The average molecular weight is 263 g/mol. The first-order valence-corrected chi connectivity index (χ1v) is 8.42. The predicted octanol–water partition coefficient (Wildman–Crippen LogP) is 3.97. The summed E-state index contributed by atoms with van der Waals surface area (Å²) in [5, 5.41) is 0. The molecular weight excluding hydrogens is 238 g/mol. The predicted molar refractivity (Wildman–Crippen MR) is 82.4 cm³/mol. The van der Waals surface area contributed by atoms with Crippen LogP contribution in [-0.2, 0) is 6.42 Å². The first kappa shape index (κ1) is 14.0. The van der Waals surface area contributed by atoms with Crippen LogP contribution in [0.25, 0.3) is 0 Å². The van der Waals surface area contributed by atoms with E-state index in [0.29, 0.717) is 0 Å². The lowest BCUT2D eigenvalue weighted by Crippen LogP contribution is -2.04. The SMILES string of the molecule is NCCSCCc1ccc(C2CCCCC2)cc1. The molecule has 1 saturated carbocycles. The van der Waals surface area contributed by atoms with Crippen LogP contribution in [0.1, 0.15) is 49.1 Å². The smallest absolute Gasteiger partial charge is 0.00559 e. The maximum Gasteiger partial charge on any atom is 0.00559 e. The van der Waals surface area contributed by atoms with Crippen molar-refractivity contribution in [2.75, 3.05) is 18.1 Å². The van der Waals surface area contributed by atoms with E-state index in [1.54, 1.807) is 5.56 Å². The van der Waals surface area contributed by atoms with Gasteiger partial charge in [0.25, 0.3) is 0 Å². The fourth-order valence-corrected chi connectivity index (χ4v) is 3.52. The Morgan fingerprint density at radius 1 is 1.00 bits per heavy atom. The van der Waals surface area contributed by atoms with E-state index in [1.165, 1.54) is 49.8 Å². The zero-order valence-corrected chi connectivity index (χ0v) is 12.1. The van der Waals surface area contributed by atoms with E-state index in [2.05, 4.69) is 24.3 Å². The second-order valence-electron chi connectivity index (χ2n) is 5.23. The van der Waals surface area contributed by atoms with Crippen molar-refractivity contribution in [3.05, 3.63) is 35.4 Å². The molecule has 1 aromatic rings. The maximum absolute atomic E-state index is 5.49. The van der Waals surface area contributed by atoms with Gasteiger partial charge in [0.05, 0.1) is 0 Å². The van der Waals surface area contributed by atoms with Gasteiger partial charge in [-0.25, -0.2) is 0 Å². The monoisotopic (exact) mass is 263 g/mol. The number of hydrogen-bond donors (Lipinski definition) is 1. The van der Waals surface area contributed by atoms with Gasteiger partial charge < -0.3 is 5.73 Å². The summed E-state index contributed by atoms with van der Waals surface area (Å²) in [6.07, 6.45) is 8.24. The number of aryl methyl sites for hydroxylation is 1. The van der Waals surface area contributed by atoms with E-state index in [4.69, 9.17) is 5.73 Å². The minimum atomic E-state index is 0.797. The molecule has 0 spiro atoms. The van der Waals surface area contributed by atoms with Crippen molar-refractivity contribution in [2.24, 2.45) is 5.73 Å². The summed E-state index contributed by atoms with van der Waals surface area (Å²) in [7, 11) is 0. The number of thioether (sulfide) groups is 1. The molecule has 18 heavy (non-hydrogen) atoms. The average Bonchev–Trinajstić information content (AvgIpc) is 2.45. The molecule has 2 rings (SSSR count). The van der Waals surface area contributed by atoms with Crippen LogP contribution in [-0.4, -0.2) is 18.1 Å². The molecular formula is C16H25NS. The Balaban J connectivity index is 1.81. The highest BCUT2D eigenvalue weighted by atomic mass is 32.2. The van der Waals surface area contributed by atoms with Gasteiger partial charge in [0.1, 0.15) is 0 Å². The fourth-order valence-electron chi connectivity index (χ4n) is 2.77. The topological polar surface area (TPSA) is 26.0 Å². The van der Waals surface area contributed by atoms with Crippen molar-refractivity contribution in [2.45, 2.75) is 44.4 Å². The van der Waals surface area contributed by atoms with Crippen molar-refractivity contribution in [3.63, 3.8) is 0 Å². The number of nitrogens with two attached hydrogens (primary N) is 1. The highest BCUT2D eigenvalue weighted by Crippen LogP contribution is 2.32. The summed E-state index contributed by atoms with van der Waals surface area (Å²) in [6, 6.07) is 9.37. The van der Waals surface area contributed by atoms with Crippen LogP contribution in [0, 0.1) is 0 Å². The first-order chi connectivity index (χ1) is 8.90. The van der Waals surface area contributed by atoms with Crippen molar-refractivity contribution in [1.82, 2.24) is 0 Å². The van der Waals surface area contributed by atoms with E-state index >= 15 is 0 Å². The second kappa shape index (κ2) is 7.85. The molecule has 1 fully saturated rings. The largest absolute Gasteiger partial charge is 0.330 e. The standard InChI is InChI=1S/C16H25NS/c17-11-13-18-12-10-14-6-8-16(9-7-14)15-4-2-1-3-5-15/h6-9,15H,1-5,10-13,17H2. The van der Waals surface area contributed by atoms with Gasteiger partial charge in [-0.15, -0.1) is 0 Å². The van der Waals surface area contributed by atoms with Crippen LogP contribution in [0.2, 0.25) is 0 Å². The van der Waals surface area contributed by atoms with Gasteiger partial charge in [-0.05, 0) is 42.1 Å². The van der Waals surface area contributed by atoms with Gasteiger partial charge in [0.15, 0.2) is 0 Å². The number of benzene rings is 1. The van der Waals surface area contributed by atoms with Crippen LogP contribution in [0.4, 0.5) is 0 Å². The van der Waals surface area contributed by atoms with E-state index in [1.807, 2.05) is 11.8 Å². The normalized spacial score (nSPS) is 16.9. The van der Waals surface area contributed by atoms with Crippen molar-refractivity contribution < 1.29 is 0 Å². The first-order valence-electron chi connectivity index (χ1n) is 7.27. The molecule has 1 aliphatic rings. The van der Waals surface area contributed by atoms with Crippen LogP contribution in [0.5, 0.6) is 0 Å². The summed E-state index contributed by atoms with van der Waals surface area (Å²) in [6.45, 7) is 0.797. The minimum Gasteiger partial charge on any atom is -0.330 e. The quantitative estimate of drug-likeness (QED) is 0.786. The van der Waals surface area contributed by atoms with Crippen molar-refractivity contribution >= 4 is 11.8 Å². The molecule has 0 radical (unpaired) electrons. The second-order valence-corrected chi connectivity index (χ2v) is 6.45. The van der Waals surface area contributed by atoms with Crippen LogP contribution in [0.3, 0.4) is 0 Å². The van der Waals surface area contributed by atoms with E-state index in [0.717, 1.165) is 18.2 Å². The minimum absolute atomic E-state index is 0.797. The third-order valence-electron chi connectivity index (χ3n) is 3.85. The van der Waals surface area contributed by atoms with E-state index in [-0.39, 0.29) is 0 Å². The molecule has 0 aliphatic heterocycles. The molecule has 0 aromatic heterocycles. The zero-order valence-electron chi connectivity index (χ0n) is 11.2. The van der Waals surface area contributed by atoms with Crippen LogP contribution >= 0.6 is 11.8 Å². The summed E-state index contributed by atoms with van der Waals surface area (Å²) < 4.78 is 0. The summed E-state index contributed by atoms with van der Waals surface area (Å²) >= 11 is 1.96. The number of hydrogen-bond acceptors (Lipinski definition) is 2. The Bertz CT molecular complexity index is 327. The highest BCUT2D eigenvalue weighted by Gasteiger charge is 2.14. The molecule has 0 bridgehead atoms. The van der Waals surface area contributed by atoms with Gasteiger partial charge >= 0.3 is 0 Å². The van der Waals surface area contributed by atoms with Crippen LogP contribution < -0.4 is 5.73 Å². The molecule has 1 aliphatic carbocycles. The summed E-state index contributed by atoms with van der Waals surface area (Å²) in [4.78, 5) is 0. The molecule has 0 heterocycles. The molecule has 0 amide bonds. The molecule has 1 nitrogen and oxygen atoms in total. The van der Waals surface area contributed by atoms with Gasteiger partial charge in [-0.2, -0.15) is 11.8 Å². The van der Waals surface area contributed by atoms with Gasteiger partial charge in [0.2, 0.25) is 0 Å². The summed E-state index contributed by atoms with van der Waals surface area (Å²) in [5.74, 6) is 3.11. The molecule has 100 valence electrons. The third kappa shape index (κ3) is 4.33. The van der Waals surface area contributed by atoms with Crippen molar-refractivity contribution in [3.8, 4) is 0 Å².